The van der Waals surface area contributed by atoms with Gasteiger partial charge in [-0.1, -0.05) is 0 Å². The molecule has 1 aromatic rings. The van der Waals surface area contributed by atoms with E-state index >= 15 is 0 Å². The molecule has 0 amide bonds. The molecule has 1 unspecified atom stereocenters. The smallest absolute Gasteiger partial charge is 0.0960 e. The van der Waals surface area contributed by atoms with Crippen LogP contribution in [0, 0.1) is 0 Å². The number of hydrogen-bond donors (Lipinski definition) is 1. The Hall–Kier alpha value is -0.0600. The first-order chi connectivity index (χ1) is 7.22. The molecule has 1 aromatic heterocycles. The third-order valence-electron chi connectivity index (χ3n) is 2.22. The van der Waals surface area contributed by atoms with E-state index in [-0.39, 0.29) is 0 Å². The Kier molecular flexibility index (Phi) is 6.29. The Morgan fingerprint density at radius 3 is 2.93 bits per heavy atom. The average Bonchev–Trinajstić information content (AvgIpc) is 2.26. The number of halogens is 1. The van der Waals surface area contributed by atoms with Gasteiger partial charge in [0.15, 0.2) is 0 Å². The summed E-state index contributed by atoms with van der Waals surface area (Å²) in [5.74, 6) is 1.14. The van der Waals surface area contributed by atoms with Crippen LogP contribution in [0.5, 0.6) is 0 Å². The van der Waals surface area contributed by atoms with Crippen molar-refractivity contribution in [3.05, 3.63) is 22.8 Å². The number of thioether (sulfide) groups is 1. The first-order valence-corrected chi connectivity index (χ1v) is 6.92. The molecular formula is C11H17BrN2S. The Morgan fingerprint density at radius 1 is 1.53 bits per heavy atom. The molecule has 15 heavy (non-hydrogen) atoms. The maximum Gasteiger partial charge on any atom is 0.0960 e. The lowest BCUT2D eigenvalue weighted by Gasteiger charge is -2.08. The van der Waals surface area contributed by atoms with Gasteiger partial charge in [0.2, 0.25) is 0 Å². The molecular weight excluding hydrogens is 272 g/mol. The average molecular weight is 289 g/mol. The van der Waals surface area contributed by atoms with Crippen LogP contribution in [0.1, 0.15) is 19.8 Å². The molecule has 4 heteroatoms. The molecule has 1 heterocycles. The van der Waals surface area contributed by atoms with Crippen LogP contribution in [0.3, 0.4) is 0 Å². The molecule has 0 spiro atoms. The lowest BCUT2D eigenvalue weighted by Crippen LogP contribution is -2.20. The van der Waals surface area contributed by atoms with Crippen LogP contribution >= 0.6 is 27.7 Å². The van der Waals surface area contributed by atoms with Crippen LogP contribution < -0.4 is 5.32 Å². The first kappa shape index (κ1) is 13.0. The summed E-state index contributed by atoms with van der Waals surface area (Å²) in [6.45, 7) is 2.21. The number of rotatable bonds is 6. The maximum atomic E-state index is 4.32. The third-order valence-corrected chi connectivity index (χ3v) is 3.72. The first-order valence-electron chi connectivity index (χ1n) is 5.14. The van der Waals surface area contributed by atoms with Crippen molar-refractivity contribution < 1.29 is 0 Å². The summed E-state index contributed by atoms with van der Waals surface area (Å²) in [4.78, 5) is 4.32. The van der Waals surface area contributed by atoms with Crippen LogP contribution in [-0.4, -0.2) is 23.8 Å². The maximum absolute atomic E-state index is 4.32. The number of pyridine rings is 1. The van der Waals surface area contributed by atoms with E-state index in [1.54, 1.807) is 0 Å². The second-order valence-corrected chi connectivity index (χ2v) is 5.53. The quantitative estimate of drug-likeness (QED) is 0.642. The van der Waals surface area contributed by atoms with Crippen LogP contribution in [0.15, 0.2) is 27.8 Å². The van der Waals surface area contributed by atoms with Crippen molar-refractivity contribution in [3.63, 3.8) is 0 Å². The van der Waals surface area contributed by atoms with Gasteiger partial charge < -0.3 is 5.32 Å². The van der Waals surface area contributed by atoms with E-state index < -0.39 is 0 Å². The van der Waals surface area contributed by atoms with Crippen LogP contribution in [0.25, 0.3) is 0 Å². The number of nitrogens with one attached hydrogen (secondary N) is 1. The fraction of sp³-hybridized carbons (Fsp3) is 0.545. The molecule has 0 radical (unpaired) electrons. The van der Waals surface area contributed by atoms with E-state index in [2.05, 4.69) is 39.2 Å². The fourth-order valence-corrected chi connectivity index (χ4v) is 2.20. The molecule has 0 saturated carbocycles. The number of hydrogen-bond acceptors (Lipinski definition) is 3. The normalized spacial score (nSPS) is 12.7. The van der Waals surface area contributed by atoms with Gasteiger partial charge in [0, 0.05) is 16.7 Å². The van der Waals surface area contributed by atoms with Crippen molar-refractivity contribution in [3.8, 4) is 0 Å². The second kappa shape index (κ2) is 7.25. The minimum absolute atomic E-state index is 0.614. The van der Waals surface area contributed by atoms with Gasteiger partial charge in [0.25, 0.3) is 0 Å². The molecule has 0 saturated heterocycles. The Labute approximate surface area is 104 Å². The molecule has 0 aliphatic heterocycles. The molecule has 1 rings (SSSR count). The summed E-state index contributed by atoms with van der Waals surface area (Å²) in [5.41, 5.74) is 0. The predicted octanol–water partition coefficient (Wildman–Crippen LogP) is 3.32. The number of aromatic nitrogens is 1. The summed E-state index contributed by atoms with van der Waals surface area (Å²) in [5, 5.41) is 4.35. The minimum Gasteiger partial charge on any atom is -0.317 e. The third kappa shape index (κ3) is 5.54. The highest BCUT2D eigenvalue weighted by Gasteiger charge is 1.99. The van der Waals surface area contributed by atoms with Crippen molar-refractivity contribution >= 4 is 27.7 Å². The molecule has 0 aliphatic rings. The number of nitrogens with zero attached hydrogens (tertiary/aromatic N) is 1. The van der Waals surface area contributed by atoms with Crippen molar-refractivity contribution in [1.29, 1.82) is 0 Å². The van der Waals surface area contributed by atoms with Gasteiger partial charge in [-0.25, -0.2) is 4.98 Å². The van der Waals surface area contributed by atoms with Crippen LogP contribution in [0.4, 0.5) is 0 Å². The van der Waals surface area contributed by atoms with Gasteiger partial charge >= 0.3 is 0 Å². The second-order valence-electron chi connectivity index (χ2n) is 3.50. The molecule has 0 aromatic carbocycles. The van der Waals surface area contributed by atoms with Gasteiger partial charge in [-0.15, -0.1) is 11.8 Å². The van der Waals surface area contributed by atoms with Crippen LogP contribution in [0.2, 0.25) is 0 Å². The Morgan fingerprint density at radius 2 is 2.33 bits per heavy atom. The molecule has 1 N–H and O–H groups in total. The van der Waals surface area contributed by atoms with Gasteiger partial charge in [0.1, 0.15) is 0 Å². The van der Waals surface area contributed by atoms with Crippen molar-refractivity contribution in [2.75, 3.05) is 12.8 Å². The highest BCUT2D eigenvalue weighted by molar-refractivity contribution is 9.10. The zero-order chi connectivity index (χ0) is 11.1. The predicted molar refractivity (Wildman–Crippen MR) is 70.4 cm³/mol. The van der Waals surface area contributed by atoms with Gasteiger partial charge in [-0.3, -0.25) is 0 Å². The summed E-state index contributed by atoms with van der Waals surface area (Å²) in [6, 6.07) is 4.70. The highest BCUT2D eigenvalue weighted by Crippen LogP contribution is 2.18. The van der Waals surface area contributed by atoms with E-state index in [1.165, 1.54) is 12.8 Å². The summed E-state index contributed by atoms with van der Waals surface area (Å²) in [7, 11) is 2.01. The van der Waals surface area contributed by atoms with E-state index in [1.807, 2.05) is 31.1 Å². The lowest BCUT2D eigenvalue weighted by atomic mass is 10.2. The summed E-state index contributed by atoms with van der Waals surface area (Å²) in [6.07, 6.45) is 4.29. The molecule has 2 nitrogen and oxygen atoms in total. The van der Waals surface area contributed by atoms with Crippen molar-refractivity contribution in [2.24, 2.45) is 0 Å². The van der Waals surface area contributed by atoms with E-state index in [0.29, 0.717) is 6.04 Å². The van der Waals surface area contributed by atoms with Gasteiger partial charge in [-0.2, -0.15) is 0 Å². The Bertz CT molecular complexity index is 276. The van der Waals surface area contributed by atoms with Gasteiger partial charge in [-0.05, 0) is 60.6 Å². The molecule has 0 bridgehead atoms. The largest absolute Gasteiger partial charge is 0.317 e. The topological polar surface area (TPSA) is 24.9 Å². The fourth-order valence-electron chi connectivity index (χ4n) is 1.16. The zero-order valence-electron chi connectivity index (χ0n) is 9.16. The van der Waals surface area contributed by atoms with E-state index in [0.717, 1.165) is 15.3 Å². The lowest BCUT2D eigenvalue weighted by molar-refractivity contribution is 0.559. The van der Waals surface area contributed by atoms with Crippen molar-refractivity contribution in [2.45, 2.75) is 30.8 Å². The highest BCUT2D eigenvalue weighted by atomic mass is 79.9. The summed E-state index contributed by atoms with van der Waals surface area (Å²) >= 11 is 5.20. The monoisotopic (exact) mass is 288 g/mol. The van der Waals surface area contributed by atoms with Crippen LogP contribution in [-0.2, 0) is 0 Å². The van der Waals surface area contributed by atoms with E-state index in [4.69, 9.17) is 0 Å². The minimum atomic E-state index is 0.614. The standard InChI is InChI=1S/C11H17BrN2S/c1-9(13-2)4-3-7-15-11-6-5-10(12)8-14-11/h5-6,8-9,13H,3-4,7H2,1-2H3. The SMILES string of the molecule is CNC(C)CCCSc1ccc(Br)cn1. The van der Waals surface area contributed by atoms with Gasteiger partial charge in [0.05, 0.1) is 5.03 Å². The molecule has 0 fully saturated rings. The molecule has 0 aliphatic carbocycles. The van der Waals surface area contributed by atoms with E-state index in [9.17, 15) is 0 Å². The zero-order valence-corrected chi connectivity index (χ0v) is 11.6. The Balaban J connectivity index is 2.17. The summed E-state index contributed by atoms with van der Waals surface area (Å²) < 4.78 is 1.04. The van der Waals surface area contributed by atoms with Crippen molar-refractivity contribution in [1.82, 2.24) is 10.3 Å². The molecule has 1 atom stereocenters. The molecule has 84 valence electrons.